The van der Waals surface area contributed by atoms with Crippen LogP contribution < -0.4 is 5.46 Å². The first-order valence-electron chi connectivity index (χ1n) is 7.68. The first-order chi connectivity index (χ1) is 10.6. The highest BCUT2D eigenvalue weighted by Crippen LogP contribution is 2.28. The molecule has 0 unspecified atom stereocenters. The Bertz CT molecular complexity index is 642. The first-order valence-corrected chi connectivity index (χ1v) is 7.68. The minimum atomic E-state index is -0.0514. The fourth-order valence-corrected chi connectivity index (χ4v) is 2.86. The molecule has 1 saturated heterocycles. The molecule has 3 rings (SSSR count). The van der Waals surface area contributed by atoms with Crippen molar-refractivity contribution in [3.05, 3.63) is 65.7 Å². The van der Waals surface area contributed by atoms with E-state index in [4.69, 9.17) is 4.74 Å². The van der Waals surface area contributed by atoms with Gasteiger partial charge < -0.3 is 9.64 Å². The van der Waals surface area contributed by atoms with E-state index in [0.29, 0.717) is 6.54 Å². The lowest BCUT2D eigenvalue weighted by Crippen LogP contribution is -2.44. The van der Waals surface area contributed by atoms with Crippen LogP contribution in [-0.4, -0.2) is 31.8 Å². The molecule has 1 aliphatic rings. The monoisotopic (exact) mass is 293 g/mol. The maximum absolute atomic E-state index is 12.2. The summed E-state index contributed by atoms with van der Waals surface area (Å²) in [5.74, 6) is 0.0553. The van der Waals surface area contributed by atoms with E-state index in [1.165, 1.54) is 5.46 Å². The number of hydrogen-bond acceptors (Lipinski definition) is 2. The number of rotatable bonds is 3. The van der Waals surface area contributed by atoms with Gasteiger partial charge in [0.15, 0.2) is 0 Å². The molecule has 0 saturated carbocycles. The number of nitrogens with zero attached hydrogens (tertiary/aromatic N) is 1. The van der Waals surface area contributed by atoms with Crippen molar-refractivity contribution < 1.29 is 9.53 Å². The van der Waals surface area contributed by atoms with Gasteiger partial charge in [0.1, 0.15) is 20.6 Å². The van der Waals surface area contributed by atoms with Gasteiger partial charge in [0.2, 0.25) is 5.91 Å². The Morgan fingerprint density at radius 3 is 2.50 bits per heavy atom. The zero-order chi connectivity index (χ0) is 15.5. The quantitative estimate of drug-likeness (QED) is 0.805. The average molecular weight is 293 g/mol. The van der Waals surface area contributed by atoms with Crippen LogP contribution in [0.1, 0.15) is 30.2 Å². The van der Waals surface area contributed by atoms with E-state index in [9.17, 15) is 4.79 Å². The van der Waals surface area contributed by atoms with E-state index in [0.717, 1.165) is 11.1 Å². The van der Waals surface area contributed by atoms with Gasteiger partial charge in [0.25, 0.3) is 0 Å². The van der Waals surface area contributed by atoms with E-state index in [2.05, 4.69) is 51.2 Å². The van der Waals surface area contributed by atoms with Gasteiger partial charge in [-0.3, -0.25) is 4.79 Å². The lowest BCUT2D eigenvalue weighted by molar-refractivity contribution is -0.152. The van der Waals surface area contributed by atoms with Crippen LogP contribution in [0.15, 0.2) is 54.6 Å². The number of morpholine rings is 1. The van der Waals surface area contributed by atoms with Gasteiger partial charge in [-0.25, -0.2) is 0 Å². The molecule has 1 aliphatic heterocycles. The molecule has 3 nitrogen and oxygen atoms in total. The molecule has 1 heterocycles. The van der Waals surface area contributed by atoms with Crippen LogP contribution in [0.5, 0.6) is 0 Å². The molecule has 0 radical (unpaired) electrons. The highest BCUT2D eigenvalue weighted by molar-refractivity contribution is 6.32. The molecule has 1 amide bonds. The minimum absolute atomic E-state index is 0.0514. The summed E-state index contributed by atoms with van der Waals surface area (Å²) < 4.78 is 5.74. The highest BCUT2D eigenvalue weighted by atomic mass is 16.5. The van der Waals surface area contributed by atoms with Crippen LogP contribution >= 0.6 is 0 Å². The van der Waals surface area contributed by atoms with Gasteiger partial charge in [-0.05, 0) is 18.1 Å². The van der Waals surface area contributed by atoms with Crippen molar-refractivity contribution >= 4 is 19.2 Å². The van der Waals surface area contributed by atoms with Gasteiger partial charge in [-0.15, -0.1) is 0 Å². The Labute approximate surface area is 132 Å². The third kappa shape index (κ3) is 3.07. The average Bonchev–Trinajstić information content (AvgIpc) is 2.56. The molecule has 0 aliphatic carbocycles. The van der Waals surface area contributed by atoms with Crippen molar-refractivity contribution in [2.24, 2.45) is 0 Å². The van der Waals surface area contributed by atoms with E-state index in [1.54, 1.807) is 0 Å². The van der Waals surface area contributed by atoms with Crippen molar-refractivity contribution in [3.63, 3.8) is 0 Å². The number of hydrogen-bond donors (Lipinski definition) is 0. The molecule has 0 N–H and O–H groups in total. The second-order valence-corrected chi connectivity index (χ2v) is 5.84. The standard InChI is InChI=1S/C18H20BNO2/c1-13(14-5-3-2-4-6-14)20-11-17(22-12-18(20)21)15-7-9-16(19)10-8-15/h2-10,13,17H,11-12,19H2,1H3/t13-,17-/m1/s1. The summed E-state index contributed by atoms with van der Waals surface area (Å²) in [6.07, 6.45) is -0.0514. The SMILES string of the molecule is Bc1ccc([C@H]2CN([C@H](C)c3ccccc3)C(=O)CO2)cc1. The molecule has 22 heavy (non-hydrogen) atoms. The van der Waals surface area contributed by atoms with Gasteiger partial charge in [0.05, 0.1) is 12.6 Å². The molecule has 2 aromatic carbocycles. The molecular weight excluding hydrogens is 273 g/mol. The molecule has 0 aromatic heterocycles. The molecular formula is C18H20BNO2. The van der Waals surface area contributed by atoms with Gasteiger partial charge in [-0.1, -0.05) is 60.1 Å². The second kappa shape index (κ2) is 6.36. The number of ether oxygens (including phenoxy) is 1. The van der Waals surface area contributed by atoms with Crippen molar-refractivity contribution in [1.82, 2.24) is 4.90 Å². The van der Waals surface area contributed by atoms with Crippen molar-refractivity contribution in [1.29, 1.82) is 0 Å². The fraction of sp³-hybridized carbons (Fsp3) is 0.278. The van der Waals surface area contributed by atoms with Crippen LogP contribution in [-0.2, 0) is 9.53 Å². The number of carbonyl (C=O) groups excluding carboxylic acids is 1. The van der Waals surface area contributed by atoms with Crippen molar-refractivity contribution in [2.75, 3.05) is 13.2 Å². The summed E-state index contributed by atoms with van der Waals surface area (Å²) in [4.78, 5) is 14.2. The summed E-state index contributed by atoms with van der Waals surface area (Å²) in [6.45, 7) is 2.82. The largest absolute Gasteiger partial charge is 0.362 e. The topological polar surface area (TPSA) is 29.5 Å². The number of amides is 1. The minimum Gasteiger partial charge on any atom is -0.362 e. The van der Waals surface area contributed by atoms with Crippen LogP contribution in [0, 0.1) is 0 Å². The smallest absolute Gasteiger partial charge is 0.249 e. The normalized spacial score (nSPS) is 20.0. The van der Waals surface area contributed by atoms with Gasteiger partial charge in [-0.2, -0.15) is 0 Å². The summed E-state index contributed by atoms with van der Waals surface area (Å²) in [7, 11) is 2.07. The van der Waals surface area contributed by atoms with Gasteiger partial charge >= 0.3 is 0 Å². The van der Waals surface area contributed by atoms with Crippen molar-refractivity contribution in [3.8, 4) is 0 Å². The lowest BCUT2D eigenvalue weighted by Gasteiger charge is -2.37. The van der Waals surface area contributed by atoms with Crippen LogP contribution in [0.2, 0.25) is 0 Å². The van der Waals surface area contributed by atoms with Crippen LogP contribution in [0.4, 0.5) is 0 Å². The summed E-state index contributed by atoms with van der Waals surface area (Å²) in [6, 6.07) is 18.5. The zero-order valence-corrected chi connectivity index (χ0v) is 13.0. The van der Waals surface area contributed by atoms with Crippen LogP contribution in [0.25, 0.3) is 0 Å². The Morgan fingerprint density at radius 1 is 1.14 bits per heavy atom. The van der Waals surface area contributed by atoms with Crippen molar-refractivity contribution in [2.45, 2.75) is 19.1 Å². The van der Waals surface area contributed by atoms with E-state index in [-0.39, 0.29) is 24.7 Å². The maximum Gasteiger partial charge on any atom is 0.249 e. The third-order valence-electron chi connectivity index (χ3n) is 4.29. The Hall–Kier alpha value is -2.07. The predicted octanol–water partition coefficient (Wildman–Crippen LogP) is 1.61. The molecule has 4 heteroatoms. The first kappa shape index (κ1) is 14.9. The van der Waals surface area contributed by atoms with E-state index in [1.807, 2.05) is 23.1 Å². The number of carbonyl (C=O) groups is 1. The molecule has 0 spiro atoms. The summed E-state index contributed by atoms with van der Waals surface area (Å²) in [5.41, 5.74) is 3.51. The molecule has 2 atom stereocenters. The third-order valence-corrected chi connectivity index (χ3v) is 4.29. The molecule has 112 valence electrons. The summed E-state index contributed by atoms with van der Waals surface area (Å²) in [5, 5.41) is 0. The lowest BCUT2D eigenvalue weighted by atomic mass is 9.94. The number of benzene rings is 2. The fourth-order valence-electron chi connectivity index (χ4n) is 2.86. The zero-order valence-electron chi connectivity index (χ0n) is 13.0. The summed E-state index contributed by atoms with van der Waals surface area (Å²) >= 11 is 0. The Balaban J connectivity index is 1.79. The maximum atomic E-state index is 12.2. The Morgan fingerprint density at radius 2 is 1.82 bits per heavy atom. The van der Waals surface area contributed by atoms with Gasteiger partial charge in [0, 0.05) is 0 Å². The highest BCUT2D eigenvalue weighted by Gasteiger charge is 2.30. The van der Waals surface area contributed by atoms with E-state index < -0.39 is 0 Å². The second-order valence-electron chi connectivity index (χ2n) is 5.84. The molecule has 0 bridgehead atoms. The Kier molecular flexibility index (Phi) is 4.30. The molecule has 1 fully saturated rings. The predicted molar refractivity (Wildman–Crippen MR) is 89.9 cm³/mol. The molecule has 2 aromatic rings. The van der Waals surface area contributed by atoms with E-state index >= 15 is 0 Å². The van der Waals surface area contributed by atoms with Crippen LogP contribution in [0.3, 0.4) is 0 Å².